The molecule has 118 valence electrons. The Kier molecular flexibility index (Phi) is 4.22. The van der Waals surface area contributed by atoms with Gasteiger partial charge in [-0.3, -0.25) is 9.59 Å². The summed E-state index contributed by atoms with van der Waals surface area (Å²) in [6.07, 6.45) is 0.169. The van der Waals surface area contributed by atoms with Gasteiger partial charge in [0.25, 0.3) is 5.91 Å². The number of imide groups is 1. The molecule has 1 atom stereocenters. The van der Waals surface area contributed by atoms with E-state index in [2.05, 4.69) is 21.2 Å². The largest absolute Gasteiger partial charge is 0.373 e. The lowest BCUT2D eigenvalue weighted by molar-refractivity contribution is -0.121. The Morgan fingerprint density at radius 3 is 2.43 bits per heavy atom. The lowest BCUT2D eigenvalue weighted by Crippen LogP contribution is -2.35. The second kappa shape index (κ2) is 6.16. The molecule has 1 heterocycles. The van der Waals surface area contributed by atoms with Crippen LogP contribution in [0.5, 0.6) is 0 Å². The summed E-state index contributed by atoms with van der Waals surface area (Å²) >= 11 is 3.38. The number of anilines is 2. The maximum atomic E-state index is 12.7. The van der Waals surface area contributed by atoms with E-state index in [0.29, 0.717) is 5.69 Å². The van der Waals surface area contributed by atoms with Crippen molar-refractivity contribution < 1.29 is 9.59 Å². The first-order valence-electron chi connectivity index (χ1n) is 7.42. The number of rotatable bonds is 3. The van der Waals surface area contributed by atoms with Gasteiger partial charge < -0.3 is 5.32 Å². The van der Waals surface area contributed by atoms with Crippen molar-refractivity contribution in [1.82, 2.24) is 0 Å². The van der Waals surface area contributed by atoms with Crippen LogP contribution in [0.1, 0.15) is 17.5 Å². The molecule has 0 spiro atoms. The molecule has 1 N–H and O–H groups in total. The highest BCUT2D eigenvalue weighted by molar-refractivity contribution is 9.10. The molecule has 5 heteroatoms. The third kappa shape index (κ3) is 3.15. The summed E-state index contributed by atoms with van der Waals surface area (Å²) in [5, 5.41) is 3.15. The molecular weight excluding hydrogens is 356 g/mol. The molecule has 0 aliphatic carbocycles. The number of benzene rings is 2. The number of amides is 2. The van der Waals surface area contributed by atoms with E-state index >= 15 is 0 Å². The van der Waals surface area contributed by atoms with E-state index in [0.717, 1.165) is 21.3 Å². The van der Waals surface area contributed by atoms with E-state index < -0.39 is 6.04 Å². The van der Waals surface area contributed by atoms with Gasteiger partial charge >= 0.3 is 0 Å². The van der Waals surface area contributed by atoms with Gasteiger partial charge in [-0.05, 0) is 49.7 Å². The lowest BCUT2D eigenvalue weighted by atomic mass is 10.1. The molecule has 1 saturated heterocycles. The van der Waals surface area contributed by atoms with Crippen LogP contribution in [0.25, 0.3) is 0 Å². The summed E-state index contributed by atoms with van der Waals surface area (Å²) < 4.78 is 0.966. The van der Waals surface area contributed by atoms with Gasteiger partial charge in [0, 0.05) is 10.2 Å². The average molecular weight is 373 g/mol. The zero-order valence-corrected chi connectivity index (χ0v) is 14.6. The van der Waals surface area contributed by atoms with Crippen molar-refractivity contribution in [2.24, 2.45) is 0 Å². The molecular formula is C18H17BrN2O2. The molecule has 0 bridgehead atoms. The van der Waals surface area contributed by atoms with Crippen LogP contribution in [0.2, 0.25) is 0 Å². The predicted octanol–water partition coefficient (Wildman–Crippen LogP) is 3.81. The molecule has 2 aromatic carbocycles. The number of halogens is 1. The normalized spacial score (nSPS) is 17.7. The number of hydrogen-bond donors (Lipinski definition) is 1. The van der Waals surface area contributed by atoms with Crippen molar-refractivity contribution in [3.05, 3.63) is 58.1 Å². The van der Waals surface area contributed by atoms with E-state index in [1.165, 1.54) is 4.90 Å². The average Bonchev–Trinajstić information content (AvgIpc) is 2.77. The van der Waals surface area contributed by atoms with E-state index in [1.54, 1.807) is 0 Å². The highest BCUT2D eigenvalue weighted by atomic mass is 79.9. The Morgan fingerprint density at radius 1 is 1.09 bits per heavy atom. The second-order valence-corrected chi connectivity index (χ2v) is 6.68. The zero-order chi connectivity index (χ0) is 16.6. The minimum atomic E-state index is -0.524. The van der Waals surface area contributed by atoms with E-state index in [9.17, 15) is 9.59 Å². The first kappa shape index (κ1) is 15.7. The molecule has 2 aromatic rings. The van der Waals surface area contributed by atoms with Crippen molar-refractivity contribution in [1.29, 1.82) is 0 Å². The number of nitrogens with zero attached hydrogens (tertiary/aromatic N) is 1. The molecule has 23 heavy (non-hydrogen) atoms. The van der Waals surface area contributed by atoms with Gasteiger partial charge in [0.15, 0.2) is 0 Å². The van der Waals surface area contributed by atoms with Crippen molar-refractivity contribution >= 4 is 39.1 Å². The van der Waals surface area contributed by atoms with Crippen LogP contribution in [0, 0.1) is 13.8 Å². The van der Waals surface area contributed by atoms with E-state index in [-0.39, 0.29) is 18.2 Å². The third-order valence-corrected chi connectivity index (χ3v) is 4.45. The fraction of sp³-hybridized carbons (Fsp3) is 0.222. The van der Waals surface area contributed by atoms with Crippen LogP contribution in [0.15, 0.2) is 46.9 Å². The van der Waals surface area contributed by atoms with Crippen molar-refractivity contribution in [3.63, 3.8) is 0 Å². The summed E-state index contributed by atoms with van der Waals surface area (Å²) in [5.74, 6) is -0.374. The Hall–Kier alpha value is -2.14. The van der Waals surface area contributed by atoms with Gasteiger partial charge in [-0.1, -0.05) is 33.6 Å². The van der Waals surface area contributed by atoms with Crippen LogP contribution in [0.4, 0.5) is 11.4 Å². The highest BCUT2D eigenvalue weighted by Gasteiger charge is 2.40. The maximum absolute atomic E-state index is 12.7. The quantitative estimate of drug-likeness (QED) is 0.833. The molecule has 0 unspecified atom stereocenters. The number of carbonyl (C=O) groups excluding carboxylic acids is 2. The second-order valence-electron chi connectivity index (χ2n) is 5.77. The van der Waals surface area contributed by atoms with Gasteiger partial charge in [0.05, 0.1) is 12.1 Å². The van der Waals surface area contributed by atoms with Gasteiger partial charge in [-0.15, -0.1) is 0 Å². The minimum absolute atomic E-state index is 0.169. The number of nitrogens with one attached hydrogen (secondary N) is 1. The Bertz CT molecular complexity index is 771. The molecule has 2 amide bonds. The van der Waals surface area contributed by atoms with Crippen LogP contribution < -0.4 is 10.2 Å². The molecule has 0 aromatic heterocycles. The smallest absolute Gasteiger partial charge is 0.256 e. The number of carbonyl (C=O) groups is 2. The van der Waals surface area contributed by atoms with Gasteiger partial charge in [0.2, 0.25) is 5.91 Å². The number of hydrogen-bond acceptors (Lipinski definition) is 3. The standard InChI is InChI=1S/C18H17BrN2O2/c1-11-3-8-16(12(2)9-11)21-17(22)10-15(18(21)23)20-14-6-4-13(19)5-7-14/h3-9,15,20H,10H2,1-2H3/t15-/m1/s1. The van der Waals surface area contributed by atoms with Crippen molar-refractivity contribution in [2.75, 3.05) is 10.2 Å². The Morgan fingerprint density at radius 2 is 1.78 bits per heavy atom. The monoisotopic (exact) mass is 372 g/mol. The molecule has 0 radical (unpaired) electrons. The Balaban J connectivity index is 1.83. The highest BCUT2D eigenvalue weighted by Crippen LogP contribution is 2.28. The van der Waals surface area contributed by atoms with Crippen LogP contribution in [-0.4, -0.2) is 17.9 Å². The topological polar surface area (TPSA) is 49.4 Å². The Labute approximate surface area is 143 Å². The zero-order valence-electron chi connectivity index (χ0n) is 13.0. The van der Waals surface area contributed by atoms with Crippen LogP contribution in [0.3, 0.4) is 0 Å². The third-order valence-electron chi connectivity index (χ3n) is 3.92. The predicted molar refractivity (Wildman–Crippen MR) is 94.6 cm³/mol. The first-order chi connectivity index (χ1) is 11.0. The molecule has 1 fully saturated rings. The van der Waals surface area contributed by atoms with Crippen LogP contribution >= 0.6 is 15.9 Å². The van der Waals surface area contributed by atoms with Crippen molar-refractivity contribution in [2.45, 2.75) is 26.3 Å². The molecule has 1 aliphatic heterocycles. The fourth-order valence-electron chi connectivity index (χ4n) is 2.80. The maximum Gasteiger partial charge on any atom is 0.256 e. The van der Waals surface area contributed by atoms with Crippen LogP contribution in [-0.2, 0) is 9.59 Å². The summed E-state index contributed by atoms with van der Waals surface area (Å²) in [6.45, 7) is 3.90. The van der Waals surface area contributed by atoms with Gasteiger partial charge in [-0.2, -0.15) is 0 Å². The van der Waals surface area contributed by atoms with E-state index in [1.807, 2.05) is 56.3 Å². The number of aryl methyl sites for hydroxylation is 2. The molecule has 0 saturated carbocycles. The first-order valence-corrected chi connectivity index (χ1v) is 8.21. The summed E-state index contributed by atoms with van der Waals surface area (Å²) in [6, 6.07) is 12.7. The molecule has 1 aliphatic rings. The lowest BCUT2D eigenvalue weighted by Gasteiger charge is -2.18. The van der Waals surface area contributed by atoms with Gasteiger partial charge in [0.1, 0.15) is 6.04 Å². The minimum Gasteiger partial charge on any atom is -0.373 e. The molecule has 3 rings (SSSR count). The fourth-order valence-corrected chi connectivity index (χ4v) is 3.07. The van der Waals surface area contributed by atoms with E-state index in [4.69, 9.17) is 0 Å². The SMILES string of the molecule is Cc1ccc(N2C(=O)C[C@@H](Nc3ccc(Br)cc3)C2=O)c(C)c1. The summed E-state index contributed by atoms with van der Waals surface area (Å²) in [5.41, 5.74) is 3.53. The van der Waals surface area contributed by atoms with Gasteiger partial charge in [-0.25, -0.2) is 4.90 Å². The summed E-state index contributed by atoms with van der Waals surface area (Å²) in [7, 11) is 0. The van der Waals surface area contributed by atoms with Crippen molar-refractivity contribution in [3.8, 4) is 0 Å². The molecule has 4 nitrogen and oxygen atoms in total. The summed E-state index contributed by atoms with van der Waals surface area (Å²) in [4.78, 5) is 26.3.